The molecule has 0 aliphatic carbocycles. The lowest BCUT2D eigenvalue weighted by Crippen LogP contribution is -2.35. The summed E-state index contributed by atoms with van der Waals surface area (Å²) in [6.07, 6.45) is 0. The number of hydrogen-bond donors (Lipinski definition) is 1. The minimum atomic E-state index is -0.661. The van der Waals surface area contributed by atoms with Gasteiger partial charge in [0.25, 0.3) is 11.7 Å². The molecule has 2 aromatic rings. The fourth-order valence-electron chi connectivity index (χ4n) is 4.10. The maximum absolute atomic E-state index is 13.2. The number of nitrogens with zero attached hydrogens (tertiary/aromatic N) is 2. The highest BCUT2D eigenvalue weighted by atomic mass is 16.5. The number of aryl methyl sites for hydroxylation is 1. The second-order valence-corrected chi connectivity index (χ2v) is 9.85. The number of rotatable bonds is 6. The number of ether oxygens (including phenoxy) is 1. The van der Waals surface area contributed by atoms with Gasteiger partial charge in [0.05, 0.1) is 18.7 Å². The van der Waals surface area contributed by atoms with Gasteiger partial charge in [-0.05, 0) is 61.3 Å². The monoisotopic (exact) mass is 450 g/mol. The molecule has 2 aromatic carbocycles. The normalized spacial score (nSPS) is 18.3. The van der Waals surface area contributed by atoms with Gasteiger partial charge in [0.1, 0.15) is 11.5 Å². The molecular formula is C27H34N2O4. The number of likely N-dealkylation sites (tertiary alicyclic amines) is 1. The van der Waals surface area contributed by atoms with Crippen molar-refractivity contribution in [2.75, 3.05) is 34.3 Å². The Morgan fingerprint density at radius 2 is 1.73 bits per heavy atom. The first kappa shape index (κ1) is 24.5. The summed E-state index contributed by atoms with van der Waals surface area (Å²) in [6, 6.07) is 12.6. The lowest BCUT2D eigenvalue weighted by atomic mass is 9.85. The second kappa shape index (κ2) is 9.40. The van der Waals surface area contributed by atoms with Gasteiger partial charge in [0.15, 0.2) is 0 Å². The first-order valence-corrected chi connectivity index (χ1v) is 11.1. The van der Waals surface area contributed by atoms with E-state index in [1.807, 2.05) is 50.2 Å². The molecule has 33 heavy (non-hydrogen) atoms. The molecule has 0 saturated carbocycles. The number of likely N-dealkylation sites (N-methyl/N-ethyl adjacent to an activating group) is 1. The third-order valence-electron chi connectivity index (χ3n) is 6.11. The Hall–Kier alpha value is -3.12. The fraction of sp³-hybridized carbons (Fsp3) is 0.407. The van der Waals surface area contributed by atoms with Crippen molar-refractivity contribution in [1.29, 1.82) is 0 Å². The number of aliphatic hydroxyl groups excluding tert-OH is 1. The van der Waals surface area contributed by atoms with Crippen molar-refractivity contribution in [3.63, 3.8) is 0 Å². The first-order valence-electron chi connectivity index (χ1n) is 11.1. The predicted molar refractivity (Wildman–Crippen MR) is 130 cm³/mol. The number of hydrogen-bond acceptors (Lipinski definition) is 5. The molecule has 0 spiro atoms. The maximum atomic E-state index is 13.2. The van der Waals surface area contributed by atoms with Crippen LogP contribution in [0.4, 0.5) is 0 Å². The van der Waals surface area contributed by atoms with Gasteiger partial charge in [0, 0.05) is 18.7 Å². The molecule has 1 aliphatic heterocycles. The molecule has 1 atom stereocenters. The van der Waals surface area contributed by atoms with E-state index in [0.717, 1.165) is 16.7 Å². The molecule has 3 rings (SSSR count). The van der Waals surface area contributed by atoms with E-state index >= 15 is 0 Å². The molecule has 0 unspecified atom stereocenters. The zero-order chi connectivity index (χ0) is 24.5. The number of benzene rings is 2. The van der Waals surface area contributed by atoms with Gasteiger partial charge in [-0.2, -0.15) is 0 Å². The van der Waals surface area contributed by atoms with Crippen LogP contribution in [0.25, 0.3) is 5.76 Å². The van der Waals surface area contributed by atoms with Gasteiger partial charge in [-0.25, -0.2) is 0 Å². The van der Waals surface area contributed by atoms with Crippen LogP contribution < -0.4 is 4.74 Å². The molecule has 1 aliphatic rings. The Labute approximate surface area is 196 Å². The van der Waals surface area contributed by atoms with E-state index in [1.54, 1.807) is 30.2 Å². The van der Waals surface area contributed by atoms with Gasteiger partial charge in [0.2, 0.25) is 0 Å². The van der Waals surface area contributed by atoms with Crippen molar-refractivity contribution in [3.05, 3.63) is 70.3 Å². The summed E-state index contributed by atoms with van der Waals surface area (Å²) in [5, 5.41) is 11.3. The Balaban J connectivity index is 2.16. The van der Waals surface area contributed by atoms with E-state index in [4.69, 9.17) is 4.74 Å². The van der Waals surface area contributed by atoms with Crippen LogP contribution in [-0.2, 0) is 15.0 Å². The van der Waals surface area contributed by atoms with Crippen LogP contribution in [0.2, 0.25) is 0 Å². The lowest BCUT2D eigenvalue weighted by molar-refractivity contribution is -0.140. The summed E-state index contributed by atoms with van der Waals surface area (Å²) in [5.74, 6) is -0.753. The van der Waals surface area contributed by atoms with Crippen LogP contribution in [0.5, 0.6) is 5.75 Å². The zero-order valence-electron chi connectivity index (χ0n) is 20.6. The van der Waals surface area contributed by atoms with Gasteiger partial charge >= 0.3 is 0 Å². The van der Waals surface area contributed by atoms with Crippen molar-refractivity contribution in [3.8, 4) is 5.75 Å². The number of carbonyl (C=O) groups is 2. The molecule has 1 fully saturated rings. The van der Waals surface area contributed by atoms with Crippen LogP contribution in [0.15, 0.2) is 48.0 Å². The lowest BCUT2D eigenvalue weighted by Gasteiger charge is -2.27. The Bertz CT molecular complexity index is 1080. The summed E-state index contributed by atoms with van der Waals surface area (Å²) >= 11 is 0. The number of methoxy groups -OCH3 is 1. The van der Waals surface area contributed by atoms with Crippen molar-refractivity contribution < 1.29 is 19.4 Å². The van der Waals surface area contributed by atoms with Gasteiger partial charge in [-0.15, -0.1) is 0 Å². The summed E-state index contributed by atoms with van der Waals surface area (Å²) in [7, 11) is 5.42. The summed E-state index contributed by atoms with van der Waals surface area (Å²) in [5.41, 5.74) is 3.32. The van der Waals surface area contributed by atoms with Crippen LogP contribution in [-0.4, -0.2) is 60.9 Å². The standard InChI is InChI=1S/C27H34N2O4/c1-17-16-20(33-7)12-13-21(17)24(30)22-23(18-8-10-19(11-9-18)27(2,3)4)29(15-14-28(5)6)26(32)25(22)31/h8-13,16,23,30H,14-15H2,1-7H3/t23-/m1/s1. The smallest absolute Gasteiger partial charge is 0.295 e. The van der Waals surface area contributed by atoms with Crippen LogP contribution in [0.1, 0.15) is 49.1 Å². The van der Waals surface area contributed by atoms with Gasteiger partial charge in [-0.3, -0.25) is 9.59 Å². The molecule has 1 heterocycles. The second-order valence-electron chi connectivity index (χ2n) is 9.85. The Kier molecular flexibility index (Phi) is 6.98. The average molecular weight is 451 g/mol. The number of aliphatic hydroxyl groups is 1. The predicted octanol–water partition coefficient (Wildman–Crippen LogP) is 4.28. The summed E-state index contributed by atoms with van der Waals surface area (Å²) < 4.78 is 5.26. The topological polar surface area (TPSA) is 70.1 Å². The Morgan fingerprint density at radius 1 is 1.09 bits per heavy atom. The number of Topliss-reactive ketones (excluding diaryl/α,β-unsaturated/α-hetero) is 1. The largest absolute Gasteiger partial charge is 0.507 e. The number of amides is 1. The summed E-state index contributed by atoms with van der Waals surface area (Å²) in [4.78, 5) is 29.8. The quantitative estimate of drug-likeness (QED) is 0.404. The maximum Gasteiger partial charge on any atom is 0.295 e. The third-order valence-corrected chi connectivity index (χ3v) is 6.11. The highest BCUT2D eigenvalue weighted by Gasteiger charge is 2.46. The molecule has 6 heteroatoms. The zero-order valence-corrected chi connectivity index (χ0v) is 20.6. The Morgan fingerprint density at radius 3 is 2.24 bits per heavy atom. The molecule has 1 amide bonds. The highest BCUT2D eigenvalue weighted by molar-refractivity contribution is 6.46. The molecule has 0 bridgehead atoms. The minimum Gasteiger partial charge on any atom is -0.507 e. The molecule has 176 valence electrons. The molecule has 0 aromatic heterocycles. The molecular weight excluding hydrogens is 416 g/mol. The van der Waals surface area contributed by atoms with Crippen LogP contribution >= 0.6 is 0 Å². The highest BCUT2D eigenvalue weighted by Crippen LogP contribution is 2.40. The average Bonchev–Trinajstić information content (AvgIpc) is 3.01. The van der Waals surface area contributed by atoms with Gasteiger partial charge < -0.3 is 19.6 Å². The molecule has 1 saturated heterocycles. The molecule has 6 nitrogen and oxygen atoms in total. The number of carbonyl (C=O) groups excluding carboxylic acids is 2. The van der Waals surface area contributed by atoms with E-state index in [-0.39, 0.29) is 16.7 Å². The minimum absolute atomic E-state index is 0.0224. The van der Waals surface area contributed by atoms with E-state index < -0.39 is 17.7 Å². The van der Waals surface area contributed by atoms with E-state index in [1.165, 1.54) is 0 Å². The summed E-state index contributed by atoms with van der Waals surface area (Å²) in [6.45, 7) is 9.23. The van der Waals surface area contributed by atoms with E-state index in [2.05, 4.69) is 20.8 Å². The van der Waals surface area contributed by atoms with Crippen LogP contribution in [0, 0.1) is 6.92 Å². The third kappa shape index (κ3) is 4.96. The van der Waals surface area contributed by atoms with E-state index in [9.17, 15) is 14.7 Å². The van der Waals surface area contributed by atoms with Crippen molar-refractivity contribution in [2.45, 2.75) is 39.2 Å². The number of ketones is 1. The van der Waals surface area contributed by atoms with Crippen molar-refractivity contribution in [1.82, 2.24) is 9.80 Å². The van der Waals surface area contributed by atoms with E-state index in [0.29, 0.717) is 24.4 Å². The van der Waals surface area contributed by atoms with Gasteiger partial charge in [-0.1, -0.05) is 45.0 Å². The molecule has 1 N–H and O–H groups in total. The van der Waals surface area contributed by atoms with Crippen molar-refractivity contribution in [2.24, 2.45) is 0 Å². The SMILES string of the molecule is COc1ccc(C(O)=C2C(=O)C(=O)N(CCN(C)C)[C@@H]2c2ccc(C(C)(C)C)cc2)c(C)c1. The molecule has 0 radical (unpaired) electrons. The van der Waals surface area contributed by atoms with Crippen LogP contribution in [0.3, 0.4) is 0 Å². The van der Waals surface area contributed by atoms with Crippen molar-refractivity contribution >= 4 is 17.4 Å². The first-order chi connectivity index (χ1) is 15.5. The fourth-order valence-corrected chi connectivity index (χ4v) is 4.10.